The lowest BCUT2D eigenvalue weighted by Gasteiger charge is -2.28. The topological polar surface area (TPSA) is 59.6 Å². The van der Waals surface area contributed by atoms with Crippen molar-refractivity contribution in [1.29, 1.82) is 0 Å². The van der Waals surface area contributed by atoms with Crippen LogP contribution >= 0.6 is 0 Å². The summed E-state index contributed by atoms with van der Waals surface area (Å²) in [6.45, 7) is 10.0. The number of ether oxygens (including phenoxy) is 2. The second kappa shape index (κ2) is 6.90. The molecule has 0 spiro atoms. The SMILES string of the molecule is CC(C)CCNC(=O)NC(C)(C)c1ccc2c(c1)OCCO2. The number of hydrogen-bond acceptors (Lipinski definition) is 3. The molecule has 0 bridgehead atoms. The van der Waals surface area contributed by atoms with Crippen LogP contribution in [0.1, 0.15) is 39.7 Å². The molecular formula is C17H26N2O3. The van der Waals surface area contributed by atoms with Crippen LogP contribution in [0.15, 0.2) is 18.2 Å². The molecule has 2 amide bonds. The summed E-state index contributed by atoms with van der Waals surface area (Å²) in [6.07, 6.45) is 0.970. The fourth-order valence-electron chi connectivity index (χ4n) is 2.31. The van der Waals surface area contributed by atoms with E-state index in [0.717, 1.165) is 23.5 Å². The van der Waals surface area contributed by atoms with E-state index < -0.39 is 5.54 Å². The van der Waals surface area contributed by atoms with E-state index >= 15 is 0 Å². The van der Waals surface area contributed by atoms with E-state index in [4.69, 9.17) is 9.47 Å². The van der Waals surface area contributed by atoms with Crippen LogP contribution in [0.3, 0.4) is 0 Å². The molecule has 1 aromatic carbocycles. The van der Waals surface area contributed by atoms with Crippen molar-refractivity contribution in [3.63, 3.8) is 0 Å². The summed E-state index contributed by atoms with van der Waals surface area (Å²) in [4.78, 5) is 12.0. The minimum absolute atomic E-state index is 0.152. The maximum Gasteiger partial charge on any atom is 0.315 e. The first-order chi connectivity index (χ1) is 10.4. The number of hydrogen-bond donors (Lipinski definition) is 2. The van der Waals surface area contributed by atoms with E-state index in [2.05, 4.69) is 24.5 Å². The molecule has 122 valence electrons. The lowest BCUT2D eigenvalue weighted by atomic mass is 9.94. The number of amides is 2. The molecule has 0 atom stereocenters. The van der Waals surface area contributed by atoms with E-state index in [-0.39, 0.29) is 6.03 Å². The average molecular weight is 306 g/mol. The molecule has 0 saturated heterocycles. The molecule has 22 heavy (non-hydrogen) atoms. The molecular weight excluding hydrogens is 280 g/mol. The lowest BCUT2D eigenvalue weighted by Crippen LogP contribution is -2.46. The fraction of sp³-hybridized carbons (Fsp3) is 0.588. The van der Waals surface area contributed by atoms with Crippen LogP contribution in [0.4, 0.5) is 4.79 Å². The molecule has 2 N–H and O–H groups in total. The molecule has 0 saturated carbocycles. The second-order valence-electron chi connectivity index (χ2n) is 6.55. The van der Waals surface area contributed by atoms with Gasteiger partial charge in [-0.15, -0.1) is 0 Å². The van der Waals surface area contributed by atoms with Gasteiger partial charge in [-0.3, -0.25) is 0 Å². The van der Waals surface area contributed by atoms with Gasteiger partial charge < -0.3 is 20.1 Å². The van der Waals surface area contributed by atoms with Crippen molar-refractivity contribution in [2.24, 2.45) is 5.92 Å². The Labute approximate surface area is 132 Å². The molecule has 0 aliphatic carbocycles. The Hall–Kier alpha value is -1.91. The maximum absolute atomic E-state index is 12.0. The summed E-state index contributed by atoms with van der Waals surface area (Å²) in [5.41, 5.74) is 0.494. The van der Waals surface area contributed by atoms with E-state index in [9.17, 15) is 4.79 Å². The largest absolute Gasteiger partial charge is 0.486 e. The van der Waals surface area contributed by atoms with E-state index in [1.54, 1.807) is 0 Å². The molecule has 1 aliphatic heterocycles. The summed E-state index contributed by atoms with van der Waals surface area (Å²) in [5, 5.41) is 5.90. The van der Waals surface area contributed by atoms with E-state index in [1.165, 1.54) is 0 Å². The number of rotatable bonds is 5. The quantitative estimate of drug-likeness (QED) is 0.879. The van der Waals surface area contributed by atoms with Crippen molar-refractivity contribution < 1.29 is 14.3 Å². The molecule has 1 heterocycles. The van der Waals surface area contributed by atoms with Crippen molar-refractivity contribution >= 4 is 6.03 Å². The van der Waals surface area contributed by atoms with Crippen LogP contribution in [0.5, 0.6) is 11.5 Å². The third-order valence-corrected chi connectivity index (χ3v) is 3.70. The molecule has 0 aromatic heterocycles. The van der Waals surface area contributed by atoms with Gasteiger partial charge in [-0.1, -0.05) is 19.9 Å². The lowest BCUT2D eigenvalue weighted by molar-refractivity contribution is 0.171. The molecule has 0 fully saturated rings. The Morgan fingerprint density at radius 3 is 2.59 bits per heavy atom. The fourth-order valence-corrected chi connectivity index (χ4v) is 2.31. The van der Waals surface area contributed by atoms with Gasteiger partial charge in [0.2, 0.25) is 0 Å². The Morgan fingerprint density at radius 2 is 1.91 bits per heavy atom. The first kappa shape index (κ1) is 16.5. The monoisotopic (exact) mass is 306 g/mol. The van der Waals surface area contributed by atoms with Crippen LogP contribution in [0.2, 0.25) is 0 Å². The van der Waals surface area contributed by atoms with Gasteiger partial charge >= 0.3 is 6.03 Å². The standard InChI is InChI=1S/C17H26N2O3/c1-12(2)7-8-18-16(20)19-17(3,4)13-5-6-14-15(11-13)22-10-9-21-14/h5-6,11-12H,7-10H2,1-4H3,(H2,18,19,20). The summed E-state index contributed by atoms with van der Waals surface area (Å²) < 4.78 is 11.1. The van der Waals surface area contributed by atoms with Crippen LogP contribution in [-0.4, -0.2) is 25.8 Å². The van der Waals surface area contributed by atoms with Gasteiger partial charge in [-0.05, 0) is 43.9 Å². The first-order valence-corrected chi connectivity index (χ1v) is 7.84. The highest BCUT2D eigenvalue weighted by Crippen LogP contribution is 2.34. The van der Waals surface area contributed by atoms with Crippen LogP contribution in [0, 0.1) is 5.92 Å². The number of fused-ring (bicyclic) bond motifs is 1. The van der Waals surface area contributed by atoms with Gasteiger partial charge in [0.1, 0.15) is 13.2 Å². The second-order valence-corrected chi connectivity index (χ2v) is 6.55. The van der Waals surface area contributed by atoms with E-state index in [0.29, 0.717) is 25.7 Å². The minimum Gasteiger partial charge on any atom is -0.486 e. The van der Waals surface area contributed by atoms with Crippen molar-refractivity contribution in [1.82, 2.24) is 10.6 Å². The summed E-state index contributed by atoms with van der Waals surface area (Å²) >= 11 is 0. The van der Waals surface area contributed by atoms with Crippen LogP contribution in [-0.2, 0) is 5.54 Å². The molecule has 5 heteroatoms. The van der Waals surface area contributed by atoms with Gasteiger partial charge in [0.25, 0.3) is 0 Å². The van der Waals surface area contributed by atoms with Gasteiger partial charge in [-0.2, -0.15) is 0 Å². The Bertz CT molecular complexity index is 527. The Balaban J connectivity index is 1.98. The number of urea groups is 1. The molecule has 5 nitrogen and oxygen atoms in total. The average Bonchev–Trinajstić information content (AvgIpc) is 2.45. The maximum atomic E-state index is 12.0. The summed E-state index contributed by atoms with van der Waals surface area (Å²) in [7, 11) is 0. The smallest absolute Gasteiger partial charge is 0.315 e. The van der Waals surface area contributed by atoms with Crippen LogP contribution in [0.25, 0.3) is 0 Å². The number of benzene rings is 1. The highest BCUT2D eigenvalue weighted by Gasteiger charge is 2.25. The van der Waals surface area contributed by atoms with Crippen molar-refractivity contribution in [3.05, 3.63) is 23.8 Å². The predicted octanol–water partition coefficient (Wildman–Crippen LogP) is 3.04. The van der Waals surface area contributed by atoms with Crippen LogP contribution < -0.4 is 20.1 Å². The number of carbonyl (C=O) groups is 1. The zero-order valence-electron chi connectivity index (χ0n) is 13.9. The minimum atomic E-state index is -0.488. The Morgan fingerprint density at radius 1 is 1.23 bits per heavy atom. The van der Waals surface area contributed by atoms with Crippen molar-refractivity contribution in [3.8, 4) is 11.5 Å². The normalized spacial score (nSPS) is 13.9. The summed E-state index contributed by atoms with van der Waals surface area (Å²) in [5.74, 6) is 2.07. The molecule has 2 rings (SSSR count). The summed E-state index contributed by atoms with van der Waals surface area (Å²) in [6, 6.07) is 5.63. The van der Waals surface area contributed by atoms with Crippen molar-refractivity contribution in [2.45, 2.75) is 39.7 Å². The van der Waals surface area contributed by atoms with Gasteiger partial charge in [0, 0.05) is 6.54 Å². The van der Waals surface area contributed by atoms with E-state index in [1.807, 2.05) is 32.0 Å². The molecule has 0 unspecified atom stereocenters. The van der Waals surface area contributed by atoms with Gasteiger partial charge in [0.05, 0.1) is 5.54 Å². The van der Waals surface area contributed by atoms with Gasteiger partial charge in [-0.25, -0.2) is 4.79 Å². The molecule has 1 aliphatic rings. The van der Waals surface area contributed by atoms with Crippen molar-refractivity contribution in [2.75, 3.05) is 19.8 Å². The molecule has 0 radical (unpaired) electrons. The first-order valence-electron chi connectivity index (χ1n) is 7.84. The molecule has 1 aromatic rings. The number of nitrogens with one attached hydrogen (secondary N) is 2. The van der Waals surface area contributed by atoms with Gasteiger partial charge in [0.15, 0.2) is 11.5 Å². The highest BCUT2D eigenvalue weighted by atomic mass is 16.6. The predicted molar refractivity (Wildman–Crippen MR) is 86.4 cm³/mol. The third-order valence-electron chi connectivity index (χ3n) is 3.70. The number of carbonyl (C=O) groups excluding carboxylic acids is 1. The third kappa shape index (κ3) is 4.29. The Kier molecular flexibility index (Phi) is 5.16. The highest BCUT2D eigenvalue weighted by molar-refractivity contribution is 5.75. The zero-order valence-corrected chi connectivity index (χ0v) is 13.9. The zero-order chi connectivity index (χ0) is 16.2.